The fourth-order valence-electron chi connectivity index (χ4n) is 8.59. The van der Waals surface area contributed by atoms with Gasteiger partial charge in [0.05, 0.1) is 10.4 Å². The Morgan fingerprint density at radius 2 is 1.09 bits per heavy atom. The molecule has 0 fully saturated rings. The second kappa shape index (κ2) is 11.5. The molecule has 0 unspecified atom stereocenters. The van der Waals surface area contributed by atoms with Crippen LogP contribution in [0.5, 0.6) is 0 Å². The normalized spacial score (nSPS) is 12.1. The zero-order valence-corrected chi connectivity index (χ0v) is 30.5. The van der Waals surface area contributed by atoms with Gasteiger partial charge in [0.15, 0.2) is 0 Å². The maximum atomic E-state index is 6.65. The number of anilines is 3. The van der Waals surface area contributed by atoms with Gasteiger partial charge >= 0.3 is 0 Å². The molecule has 12 aromatic rings. The molecule has 0 spiro atoms. The number of thiophene rings is 2. The van der Waals surface area contributed by atoms with Gasteiger partial charge in [-0.05, 0) is 87.9 Å². The predicted octanol–water partition coefficient (Wildman–Crippen LogP) is 15.8. The first-order valence-corrected chi connectivity index (χ1v) is 19.9. The number of benzene rings is 9. The van der Waals surface area contributed by atoms with Crippen LogP contribution in [0.3, 0.4) is 0 Å². The standard InChI is InChI=1S/C50H29NOS2/c1-3-12-35-30(9-1)11-7-15-36(35)32-19-22-33(23-20-32)51(34-24-27-45-41(29-34)38-14-5-6-18-44(38)53-45)42-17-8-16-40-48-46(54-50(40)42)28-26-43-47(48)39-25-21-31-10-2-4-13-37(31)49(39)52-43/h1-29H. The zero-order valence-electron chi connectivity index (χ0n) is 28.9. The molecule has 3 aromatic heterocycles. The van der Waals surface area contributed by atoms with Gasteiger partial charge in [0.1, 0.15) is 11.2 Å². The SMILES string of the molecule is c1ccc2c(-c3ccc(N(c4ccc5sc6ccccc6c5c4)c4cccc5c4sc4ccc6oc7c8ccccc8ccc7c6c45)cc3)cccc2c1. The van der Waals surface area contributed by atoms with Crippen LogP contribution in [0.2, 0.25) is 0 Å². The minimum atomic E-state index is 0.926. The Bertz CT molecular complexity index is 3450. The van der Waals surface area contributed by atoms with Crippen molar-refractivity contribution in [2.75, 3.05) is 4.90 Å². The average molecular weight is 724 g/mol. The van der Waals surface area contributed by atoms with Crippen molar-refractivity contribution in [3.05, 3.63) is 176 Å². The van der Waals surface area contributed by atoms with Crippen molar-refractivity contribution in [2.45, 2.75) is 0 Å². The molecule has 0 radical (unpaired) electrons. The third-order valence-electron chi connectivity index (χ3n) is 11.1. The molecule has 0 bridgehead atoms. The molecular weight excluding hydrogens is 695 g/mol. The Morgan fingerprint density at radius 1 is 0.407 bits per heavy atom. The molecular formula is C50H29NOS2. The molecule has 0 amide bonds. The second-order valence-electron chi connectivity index (χ2n) is 14.0. The van der Waals surface area contributed by atoms with E-state index in [0.717, 1.165) is 39.0 Å². The number of furan rings is 1. The van der Waals surface area contributed by atoms with Crippen LogP contribution in [0.25, 0.3) is 95.0 Å². The molecule has 0 aliphatic carbocycles. The Labute approximate surface area is 318 Å². The van der Waals surface area contributed by atoms with Crippen molar-refractivity contribution in [2.24, 2.45) is 0 Å². The van der Waals surface area contributed by atoms with E-state index in [1.807, 2.05) is 22.7 Å². The summed E-state index contributed by atoms with van der Waals surface area (Å²) in [5.74, 6) is 0. The molecule has 3 heterocycles. The fourth-order valence-corrected chi connectivity index (χ4v) is 10.9. The van der Waals surface area contributed by atoms with E-state index >= 15 is 0 Å². The summed E-state index contributed by atoms with van der Waals surface area (Å²) < 4.78 is 11.8. The highest BCUT2D eigenvalue weighted by molar-refractivity contribution is 7.26. The third kappa shape index (κ3) is 4.38. The summed E-state index contributed by atoms with van der Waals surface area (Å²) in [5.41, 5.74) is 7.75. The molecule has 12 rings (SSSR count). The lowest BCUT2D eigenvalue weighted by Crippen LogP contribution is -2.10. The maximum absolute atomic E-state index is 6.65. The highest BCUT2D eigenvalue weighted by atomic mass is 32.1. The van der Waals surface area contributed by atoms with Crippen LogP contribution >= 0.6 is 22.7 Å². The van der Waals surface area contributed by atoms with Crippen LogP contribution in [0.1, 0.15) is 0 Å². The molecule has 0 aliphatic rings. The van der Waals surface area contributed by atoms with E-state index in [4.69, 9.17) is 4.42 Å². The number of hydrogen-bond acceptors (Lipinski definition) is 4. The second-order valence-corrected chi connectivity index (χ2v) is 16.2. The van der Waals surface area contributed by atoms with E-state index in [1.165, 1.54) is 73.0 Å². The lowest BCUT2D eigenvalue weighted by Gasteiger charge is -2.26. The molecule has 0 saturated carbocycles. The van der Waals surface area contributed by atoms with Crippen molar-refractivity contribution < 1.29 is 4.42 Å². The fraction of sp³-hybridized carbons (Fsp3) is 0. The van der Waals surface area contributed by atoms with Crippen LogP contribution < -0.4 is 4.90 Å². The lowest BCUT2D eigenvalue weighted by molar-refractivity contribution is 0.673. The first-order chi connectivity index (χ1) is 26.8. The monoisotopic (exact) mass is 723 g/mol. The van der Waals surface area contributed by atoms with Gasteiger partial charge < -0.3 is 9.32 Å². The van der Waals surface area contributed by atoms with Crippen molar-refractivity contribution >= 4 is 124 Å². The summed E-state index contributed by atoms with van der Waals surface area (Å²) in [6, 6.07) is 64.2. The van der Waals surface area contributed by atoms with E-state index in [9.17, 15) is 0 Å². The van der Waals surface area contributed by atoms with Crippen LogP contribution in [0, 0.1) is 0 Å². The van der Waals surface area contributed by atoms with Crippen molar-refractivity contribution in [1.82, 2.24) is 0 Å². The molecule has 9 aromatic carbocycles. The largest absolute Gasteiger partial charge is 0.455 e. The summed E-state index contributed by atoms with van der Waals surface area (Å²) in [4.78, 5) is 2.45. The topological polar surface area (TPSA) is 16.4 Å². The highest BCUT2D eigenvalue weighted by Crippen LogP contribution is 2.49. The van der Waals surface area contributed by atoms with E-state index < -0.39 is 0 Å². The minimum Gasteiger partial charge on any atom is -0.455 e. The quantitative estimate of drug-likeness (QED) is 0.180. The van der Waals surface area contributed by atoms with Crippen molar-refractivity contribution in [3.8, 4) is 11.1 Å². The predicted molar refractivity (Wildman–Crippen MR) is 235 cm³/mol. The van der Waals surface area contributed by atoms with Gasteiger partial charge in [0, 0.05) is 63.2 Å². The van der Waals surface area contributed by atoms with Crippen LogP contribution in [-0.4, -0.2) is 0 Å². The molecule has 0 aliphatic heterocycles. The Hall–Kier alpha value is -6.46. The zero-order chi connectivity index (χ0) is 35.3. The highest BCUT2D eigenvalue weighted by Gasteiger charge is 2.22. The van der Waals surface area contributed by atoms with Crippen molar-refractivity contribution in [1.29, 1.82) is 0 Å². The van der Waals surface area contributed by atoms with Crippen LogP contribution in [-0.2, 0) is 0 Å². The van der Waals surface area contributed by atoms with Gasteiger partial charge in [0.2, 0.25) is 0 Å². The first kappa shape index (κ1) is 30.0. The minimum absolute atomic E-state index is 0.926. The summed E-state index contributed by atoms with van der Waals surface area (Å²) >= 11 is 3.72. The molecule has 0 saturated heterocycles. The molecule has 4 heteroatoms. The van der Waals surface area contributed by atoms with Gasteiger partial charge in [0.25, 0.3) is 0 Å². The number of fused-ring (bicyclic) bond motifs is 13. The molecule has 252 valence electrons. The maximum Gasteiger partial charge on any atom is 0.143 e. The Kier molecular flexibility index (Phi) is 6.41. The lowest BCUT2D eigenvalue weighted by atomic mass is 9.98. The van der Waals surface area contributed by atoms with Crippen molar-refractivity contribution in [3.63, 3.8) is 0 Å². The molecule has 54 heavy (non-hydrogen) atoms. The molecule has 0 atom stereocenters. The summed E-state index contributed by atoms with van der Waals surface area (Å²) in [6.45, 7) is 0. The Balaban J connectivity index is 1.10. The van der Waals surface area contributed by atoms with E-state index in [0.29, 0.717) is 0 Å². The van der Waals surface area contributed by atoms with Crippen LogP contribution in [0.15, 0.2) is 180 Å². The Morgan fingerprint density at radius 3 is 1.98 bits per heavy atom. The first-order valence-electron chi connectivity index (χ1n) is 18.2. The van der Waals surface area contributed by atoms with Gasteiger partial charge in [-0.25, -0.2) is 0 Å². The summed E-state index contributed by atoms with van der Waals surface area (Å²) in [7, 11) is 0. The van der Waals surface area contributed by atoms with Gasteiger partial charge in [-0.3, -0.25) is 0 Å². The van der Waals surface area contributed by atoms with E-state index in [1.54, 1.807) is 0 Å². The van der Waals surface area contributed by atoms with Crippen LogP contribution in [0.4, 0.5) is 17.1 Å². The van der Waals surface area contributed by atoms with E-state index in [-0.39, 0.29) is 0 Å². The average Bonchev–Trinajstić information content (AvgIpc) is 3.92. The van der Waals surface area contributed by atoms with Gasteiger partial charge in [-0.1, -0.05) is 115 Å². The third-order valence-corrected chi connectivity index (χ3v) is 13.4. The number of hydrogen-bond donors (Lipinski definition) is 0. The van der Waals surface area contributed by atoms with Gasteiger partial charge in [-0.15, -0.1) is 22.7 Å². The molecule has 2 nitrogen and oxygen atoms in total. The molecule has 0 N–H and O–H groups in total. The van der Waals surface area contributed by atoms with E-state index in [2.05, 4.69) is 181 Å². The summed E-state index contributed by atoms with van der Waals surface area (Å²) in [5, 5.41) is 12.3. The smallest absolute Gasteiger partial charge is 0.143 e. The number of nitrogens with zero attached hydrogens (tertiary/aromatic N) is 1. The number of rotatable bonds is 4. The summed E-state index contributed by atoms with van der Waals surface area (Å²) in [6.07, 6.45) is 0. The van der Waals surface area contributed by atoms with Gasteiger partial charge in [-0.2, -0.15) is 0 Å².